The van der Waals surface area contributed by atoms with Gasteiger partial charge in [-0.05, 0) is 25.8 Å². The van der Waals surface area contributed by atoms with E-state index in [1.807, 2.05) is 31.3 Å². The van der Waals surface area contributed by atoms with Gasteiger partial charge in [-0.15, -0.1) is 0 Å². The molecule has 0 amide bonds. The zero-order valence-electron chi connectivity index (χ0n) is 11.1. The van der Waals surface area contributed by atoms with E-state index in [9.17, 15) is 0 Å². The monoisotopic (exact) mass is 238 g/mol. The van der Waals surface area contributed by atoms with Gasteiger partial charge in [0.2, 0.25) is 5.95 Å². The molecule has 0 bridgehead atoms. The highest BCUT2D eigenvalue weighted by molar-refractivity contribution is 5.30. The van der Waals surface area contributed by atoms with Gasteiger partial charge in [0.25, 0.3) is 0 Å². The van der Waals surface area contributed by atoms with Gasteiger partial charge in [0.15, 0.2) is 0 Å². The molecule has 2 atom stereocenters. The van der Waals surface area contributed by atoms with Crippen molar-refractivity contribution >= 4 is 5.95 Å². The van der Waals surface area contributed by atoms with Crippen LogP contribution in [-0.4, -0.2) is 42.8 Å². The van der Waals surface area contributed by atoms with Gasteiger partial charge in [-0.2, -0.15) is 0 Å². The van der Waals surface area contributed by atoms with Crippen molar-refractivity contribution in [2.24, 2.45) is 5.73 Å². The SMILES string of the molecule is COCC(C)N(C)c1ncc(CC(C)N)cn1. The Hall–Kier alpha value is -1.20. The summed E-state index contributed by atoms with van der Waals surface area (Å²) in [4.78, 5) is 10.7. The van der Waals surface area contributed by atoms with Crippen LogP contribution in [-0.2, 0) is 11.2 Å². The van der Waals surface area contributed by atoms with Gasteiger partial charge < -0.3 is 15.4 Å². The smallest absolute Gasteiger partial charge is 0.225 e. The highest BCUT2D eigenvalue weighted by Gasteiger charge is 2.12. The zero-order chi connectivity index (χ0) is 12.8. The minimum Gasteiger partial charge on any atom is -0.383 e. The molecule has 0 fully saturated rings. The van der Waals surface area contributed by atoms with Crippen LogP contribution in [0.2, 0.25) is 0 Å². The van der Waals surface area contributed by atoms with Crippen LogP contribution in [0, 0.1) is 0 Å². The summed E-state index contributed by atoms with van der Waals surface area (Å²) in [5.74, 6) is 0.711. The third-order valence-corrected chi connectivity index (χ3v) is 2.63. The number of anilines is 1. The molecule has 0 spiro atoms. The number of rotatable bonds is 6. The molecule has 0 radical (unpaired) electrons. The predicted molar refractivity (Wildman–Crippen MR) is 69.1 cm³/mol. The Labute approximate surface area is 103 Å². The average molecular weight is 238 g/mol. The maximum absolute atomic E-state index is 5.73. The summed E-state index contributed by atoms with van der Waals surface area (Å²) in [6.45, 7) is 4.70. The second kappa shape index (κ2) is 6.51. The Kier molecular flexibility index (Phi) is 5.31. The van der Waals surface area contributed by atoms with Crippen LogP contribution in [0.15, 0.2) is 12.4 Å². The molecular weight excluding hydrogens is 216 g/mol. The number of hydrogen-bond acceptors (Lipinski definition) is 5. The van der Waals surface area contributed by atoms with Crippen molar-refractivity contribution in [3.63, 3.8) is 0 Å². The van der Waals surface area contributed by atoms with Gasteiger partial charge in [0, 0.05) is 32.6 Å². The molecule has 1 rings (SSSR count). The highest BCUT2D eigenvalue weighted by Crippen LogP contribution is 2.09. The summed E-state index contributed by atoms with van der Waals surface area (Å²) in [6.07, 6.45) is 4.47. The Bertz CT molecular complexity index is 326. The van der Waals surface area contributed by atoms with Gasteiger partial charge in [-0.25, -0.2) is 9.97 Å². The number of nitrogens with two attached hydrogens (primary N) is 1. The van der Waals surface area contributed by atoms with E-state index in [1.54, 1.807) is 7.11 Å². The maximum Gasteiger partial charge on any atom is 0.225 e. The van der Waals surface area contributed by atoms with Crippen molar-refractivity contribution < 1.29 is 4.74 Å². The summed E-state index contributed by atoms with van der Waals surface area (Å²) < 4.78 is 5.11. The summed E-state index contributed by atoms with van der Waals surface area (Å²) in [7, 11) is 3.65. The molecule has 2 unspecified atom stereocenters. The predicted octanol–water partition coefficient (Wildman–Crippen LogP) is 0.837. The van der Waals surface area contributed by atoms with Crippen molar-refractivity contribution in [3.8, 4) is 0 Å². The molecule has 0 aromatic carbocycles. The molecule has 17 heavy (non-hydrogen) atoms. The van der Waals surface area contributed by atoms with Crippen LogP contribution in [0.3, 0.4) is 0 Å². The summed E-state index contributed by atoms with van der Waals surface area (Å²) >= 11 is 0. The van der Waals surface area contributed by atoms with E-state index in [-0.39, 0.29) is 12.1 Å². The first-order valence-corrected chi connectivity index (χ1v) is 5.82. The topological polar surface area (TPSA) is 64.3 Å². The molecule has 1 aromatic rings. The number of aromatic nitrogens is 2. The third kappa shape index (κ3) is 4.28. The summed E-state index contributed by atoms with van der Waals surface area (Å²) in [5, 5.41) is 0. The number of nitrogens with zero attached hydrogens (tertiary/aromatic N) is 3. The number of ether oxygens (including phenoxy) is 1. The van der Waals surface area contributed by atoms with Crippen molar-refractivity contribution in [3.05, 3.63) is 18.0 Å². The minimum atomic E-state index is 0.134. The third-order valence-electron chi connectivity index (χ3n) is 2.63. The molecule has 5 nitrogen and oxygen atoms in total. The van der Waals surface area contributed by atoms with E-state index in [4.69, 9.17) is 10.5 Å². The number of likely N-dealkylation sites (N-methyl/N-ethyl adjacent to an activating group) is 1. The van der Waals surface area contributed by atoms with Gasteiger partial charge in [0.05, 0.1) is 12.6 Å². The zero-order valence-corrected chi connectivity index (χ0v) is 11.1. The van der Waals surface area contributed by atoms with Crippen molar-refractivity contribution in [1.82, 2.24) is 9.97 Å². The molecule has 0 aliphatic heterocycles. The largest absolute Gasteiger partial charge is 0.383 e. The molecule has 2 N–H and O–H groups in total. The fourth-order valence-corrected chi connectivity index (χ4v) is 1.56. The van der Waals surface area contributed by atoms with Crippen LogP contribution in [0.4, 0.5) is 5.95 Å². The lowest BCUT2D eigenvalue weighted by Gasteiger charge is -2.24. The Morgan fingerprint density at radius 2 is 1.94 bits per heavy atom. The second-order valence-corrected chi connectivity index (χ2v) is 4.49. The lowest BCUT2D eigenvalue weighted by atomic mass is 10.1. The molecule has 96 valence electrons. The minimum absolute atomic E-state index is 0.134. The molecule has 1 heterocycles. The van der Waals surface area contributed by atoms with Crippen LogP contribution in [0.5, 0.6) is 0 Å². The molecule has 1 aromatic heterocycles. The first-order chi connectivity index (χ1) is 8.04. The first kappa shape index (κ1) is 13.9. The lowest BCUT2D eigenvalue weighted by molar-refractivity contribution is 0.183. The fraction of sp³-hybridized carbons (Fsp3) is 0.667. The number of methoxy groups -OCH3 is 1. The van der Waals surface area contributed by atoms with E-state index in [0.29, 0.717) is 12.6 Å². The van der Waals surface area contributed by atoms with Crippen molar-refractivity contribution in [2.45, 2.75) is 32.4 Å². The van der Waals surface area contributed by atoms with E-state index >= 15 is 0 Å². The Balaban J connectivity index is 2.66. The van der Waals surface area contributed by atoms with E-state index in [0.717, 1.165) is 12.0 Å². The Morgan fingerprint density at radius 3 is 2.41 bits per heavy atom. The standard InChI is InChI=1S/C12H22N4O/c1-9(13)5-11-6-14-12(15-7-11)16(3)10(2)8-17-4/h6-7,9-10H,5,8,13H2,1-4H3. The van der Waals surface area contributed by atoms with E-state index < -0.39 is 0 Å². The molecule has 0 saturated heterocycles. The maximum atomic E-state index is 5.73. The lowest BCUT2D eigenvalue weighted by Crippen LogP contribution is -2.33. The molecule has 0 aliphatic carbocycles. The normalized spacial score (nSPS) is 14.4. The van der Waals surface area contributed by atoms with Crippen molar-refractivity contribution in [2.75, 3.05) is 25.7 Å². The fourth-order valence-electron chi connectivity index (χ4n) is 1.56. The summed E-state index contributed by atoms with van der Waals surface area (Å²) in [5.41, 5.74) is 6.79. The molecule has 0 saturated carbocycles. The number of hydrogen-bond donors (Lipinski definition) is 1. The van der Waals surface area contributed by atoms with Crippen LogP contribution >= 0.6 is 0 Å². The van der Waals surface area contributed by atoms with Crippen molar-refractivity contribution in [1.29, 1.82) is 0 Å². The first-order valence-electron chi connectivity index (χ1n) is 5.82. The quantitative estimate of drug-likeness (QED) is 0.795. The van der Waals surface area contributed by atoms with Crippen LogP contribution in [0.1, 0.15) is 19.4 Å². The van der Waals surface area contributed by atoms with Gasteiger partial charge >= 0.3 is 0 Å². The molecule has 5 heteroatoms. The second-order valence-electron chi connectivity index (χ2n) is 4.49. The Morgan fingerprint density at radius 1 is 1.35 bits per heavy atom. The van der Waals surface area contributed by atoms with Crippen LogP contribution in [0.25, 0.3) is 0 Å². The average Bonchev–Trinajstić information content (AvgIpc) is 2.28. The summed E-state index contributed by atoms with van der Waals surface area (Å²) in [6, 6.07) is 0.383. The van der Waals surface area contributed by atoms with E-state index in [1.165, 1.54) is 0 Å². The van der Waals surface area contributed by atoms with Gasteiger partial charge in [0.1, 0.15) is 0 Å². The van der Waals surface area contributed by atoms with Gasteiger partial charge in [-0.3, -0.25) is 0 Å². The molecule has 0 aliphatic rings. The van der Waals surface area contributed by atoms with E-state index in [2.05, 4.69) is 16.9 Å². The highest BCUT2D eigenvalue weighted by atomic mass is 16.5. The van der Waals surface area contributed by atoms with Crippen LogP contribution < -0.4 is 10.6 Å². The molecular formula is C12H22N4O. The van der Waals surface area contributed by atoms with Gasteiger partial charge in [-0.1, -0.05) is 0 Å².